The van der Waals surface area contributed by atoms with E-state index in [1.165, 1.54) is 0 Å². The molecule has 0 aromatic heterocycles. The SMILES string of the molecule is CCC(C(=O)NC)N(CCc1ccccc1)C(=O)COc1ccc(Br)cc1Cl. The highest BCUT2D eigenvalue weighted by atomic mass is 79.9. The van der Waals surface area contributed by atoms with Crippen molar-refractivity contribution in [3.8, 4) is 5.75 Å². The van der Waals surface area contributed by atoms with Gasteiger partial charge in [0.15, 0.2) is 6.61 Å². The van der Waals surface area contributed by atoms with Crippen LogP contribution in [-0.2, 0) is 16.0 Å². The van der Waals surface area contributed by atoms with Crippen LogP contribution in [0.4, 0.5) is 0 Å². The zero-order valence-corrected chi connectivity index (χ0v) is 18.3. The second-order valence-electron chi connectivity index (χ2n) is 6.22. The van der Waals surface area contributed by atoms with E-state index in [4.69, 9.17) is 16.3 Å². The highest BCUT2D eigenvalue weighted by Crippen LogP contribution is 2.27. The van der Waals surface area contributed by atoms with Gasteiger partial charge in [0, 0.05) is 18.1 Å². The Morgan fingerprint density at radius 1 is 1.21 bits per heavy atom. The van der Waals surface area contributed by atoms with Crippen LogP contribution < -0.4 is 10.1 Å². The van der Waals surface area contributed by atoms with Crippen molar-refractivity contribution in [1.29, 1.82) is 0 Å². The van der Waals surface area contributed by atoms with Crippen LogP contribution in [0.5, 0.6) is 5.75 Å². The fraction of sp³-hybridized carbons (Fsp3) is 0.333. The molecule has 7 heteroatoms. The highest BCUT2D eigenvalue weighted by molar-refractivity contribution is 9.10. The average molecular weight is 468 g/mol. The maximum absolute atomic E-state index is 12.9. The molecule has 1 N–H and O–H groups in total. The van der Waals surface area contributed by atoms with Crippen LogP contribution in [0.2, 0.25) is 5.02 Å². The van der Waals surface area contributed by atoms with E-state index in [0.717, 1.165) is 10.0 Å². The number of hydrogen-bond donors (Lipinski definition) is 1. The molecule has 0 aliphatic heterocycles. The number of ether oxygens (including phenoxy) is 1. The van der Waals surface area contributed by atoms with Crippen LogP contribution in [-0.4, -0.2) is 43.0 Å². The predicted octanol–water partition coefficient (Wildman–Crippen LogP) is 4.08. The lowest BCUT2D eigenvalue weighted by Gasteiger charge is -2.30. The summed E-state index contributed by atoms with van der Waals surface area (Å²) in [6, 6.07) is 14.5. The van der Waals surface area contributed by atoms with E-state index in [-0.39, 0.29) is 18.4 Å². The van der Waals surface area contributed by atoms with Crippen LogP contribution >= 0.6 is 27.5 Å². The summed E-state index contributed by atoms with van der Waals surface area (Å²) < 4.78 is 6.44. The average Bonchev–Trinajstić information content (AvgIpc) is 2.70. The zero-order valence-electron chi connectivity index (χ0n) is 16.0. The number of nitrogens with zero attached hydrogens (tertiary/aromatic N) is 1. The van der Waals surface area contributed by atoms with Gasteiger partial charge in [-0.15, -0.1) is 0 Å². The van der Waals surface area contributed by atoms with Crippen LogP contribution in [0, 0.1) is 0 Å². The van der Waals surface area contributed by atoms with Crippen molar-refractivity contribution < 1.29 is 14.3 Å². The Labute approximate surface area is 179 Å². The van der Waals surface area contributed by atoms with Crippen molar-refractivity contribution in [2.75, 3.05) is 20.2 Å². The van der Waals surface area contributed by atoms with Crippen molar-refractivity contribution in [2.24, 2.45) is 0 Å². The van der Waals surface area contributed by atoms with Gasteiger partial charge in [0.05, 0.1) is 5.02 Å². The van der Waals surface area contributed by atoms with Crippen LogP contribution in [0.3, 0.4) is 0 Å². The maximum atomic E-state index is 12.9. The summed E-state index contributed by atoms with van der Waals surface area (Å²) in [5.74, 6) is -0.0230. The Balaban J connectivity index is 2.11. The molecule has 0 aliphatic rings. The first-order valence-electron chi connectivity index (χ1n) is 9.09. The molecular formula is C21H24BrClN2O3. The first kappa shape index (κ1) is 22.2. The predicted molar refractivity (Wildman–Crippen MR) is 115 cm³/mol. The number of nitrogens with one attached hydrogen (secondary N) is 1. The van der Waals surface area contributed by atoms with E-state index < -0.39 is 6.04 Å². The van der Waals surface area contributed by atoms with Crippen LogP contribution in [0.25, 0.3) is 0 Å². The van der Waals surface area contributed by atoms with Gasteiger partial charge in [-0.25, -0.2) is 0 Å². The van der Waals surface area contributed by atoms with Gasteiger partial charge in [0.2, 0.25) is 5.91 Å². The van der Waals surface area contributed by atoms with Crippen molar-refractivity contribution in [3.05, 3.63) is 63.6 Å². The van der Waals surface area contributed by atoms with Gasteiger partial charge >= 0.3 is 0 Å². The number of carbonyl (C=O) groups is 2. The third-order valence-corrected chi connectivity index (χ3v) is 5.15. The molecule has 2 aromatic carbocycles. The fourth-order valence-electron chi connectivity index (χ4n) is 2.88. The molecule has 2 rings (SSSR count). The van der Waals surface area contributed by atoms with Gasteiger partial charge < -0.3 is 15.0 Å². The lowest BCUT2D eigenvalue weighted by molar-refractivity contribution is -0.142. The van der Waals surface area contributed by atoms with E-state index in [1.54, 1.807) is 30.1 Å². The van der Waals surface area contributed by atoms with Gasteiger partial charge in [-0.3, -0.25) is 9.59 Å². The zero-order chi connectivity index (χ0) is 20.5. The number of hydrogen-bond acceptors (Lipinski definition) is 3. The first-order valence-corrected chi connectivity index (χ1v) is 10.3. The minimum absolute atomic E-state index is 0.189. The summed E-state index contributed by atoms with van der Waals surface area (Å²) in [6.07, 6.45) is 1.17. The van der Waals surface area contributed by atoms with Crippen molar-refractivity contribution >= 4 is 39.3 Å². The lowest BCUT2D eigenvalue weighted by Crippen LogP contribution is -2.50. The minimum Gasteiger partial charge on any atom is -0.482 e. The van der Waals surface area contributed by atoms with Gasteiger partial charge in [-0.1, -0.05) is 64.8 Å². The summed E-state index contributed by atoms with van der Waals surface area (Å²) in [7, 11) is 1.57. The molecule has 0 saturated heterocycles. The van der Waals surface area contributed by atoms with Gasteiger partial charge in [-0.05, 0) is 36.6 Å². The number of benzene rings is 2. The summed E-state index contributed by atoms with van der Waals surface area (Å²) in [4.78, 5) is 26.8. The number of carbonyl (C=O) groups excluding carboxylic acids is 2. The summed E-state index contributed by atoms with van der Waals surface area (Å²) in [5.41, 5.74) is 1.10. The van der Waals surface area contributed by atoms with Gasteiger partial charge in [0.25, 0.3) is 5.91 Å². The molecule has 2 amide bonds. The fourth-order valence-corrected chi connectivity index (χ4v) is 3.61. The van der Waals surface area contributed by atoms with E-state index in [0.29, 0.717) is 30.2 Å². The van der Waals surface area contributed by atoms with E-state index in [2.05, 4.69) is 21.2 Å². The monoisotopic (exact) mass is 466 g/mol. The molecule has 0 radical (unpaired) electrons. The van der Waals surface area contributed by atoms with E-state index >= 15 is 0 Å². The Kier molecular flexibility index (Phi) is 8.80. The number of likely N-dealkylation sites (N-methyl/N-ethyl adjacent to an activating group) is 1. The molecular weight excluding hydrogens is 444 g/mol. The quantitative estimate of drug-likeness (QED) is 0.605. The number of amides is 2. The number of halogens is 2. The minimum atomic E-state index is -0.551. The van der Waals surface area contributed by atoms with Crippen molar-refractivity contribution in [3.63, 3.8) is 0 Å². The standard InChI is InChI=1S/C21H24BrClN2O3/c1-3-18(21(27)24-2)25(12-11-15-7-5-4-6-8-15)20(26)14-28-19-10-9-16(22)13-17(19)23/h4-10,13,18H,3,11-12,14H2,1-2H3,(H,24,27). The molecule has 5 nitrogen and oxygen atoms in total. The summed E-state index contributed by atoms with van der Waals surface area (Å²) in [5, 5.41) is 3.05. The first-order chi connectivity index (χ1) is 13.5. The smallest absolute Gasteiger partial charge is 0.261 e. The van der Waals surface area contributed by atoms with Crippen molar-refractivity contribution in [2.45, 2.75) is 25.8 Å². The Morgan fingerprint density at radius 3 is 2.54 bits per heavy atom. The molecule has 0 aliphatic carbocycles. The summed E-state index contributed by atoms with van der Waals surface area (Å²) in [6.45, 7) is 2.12. The molecule has 0 bridgehead atoms. The highest BCUT2D eigenvalue weighted by Gasteiger charge is 2.28. The third kappa shape index (κ3) is 6.24. The molecule has 0 fully saturated rings. The van der Waals surface area contributed by atoms with E-state index in [9.17, 15) is 9.59 Å². The molecule has 150 valence electrons. The van der Waals surface area contributed by atoms with Gasteiger partial charge in [0.1, 0.15) is 11.8 Å². The molecule has 1 unspecified atom stereocenters. The van der Waals surface area contributed by atoms with Crippen molar-refractivity contribution in [1.82, 2.24) is 10.2 Å². The van der Waals surface area contributed by atoms with Crippen LogP contribution in [0.1, 0.15) is 18.9 Å². The normalized spacial score (nSPS) is 11.6. The molecule has 0 spiro atoms. The largest absolute Gasteiger partial charge is 0.482 e. The Bertz CT molecular complexity index is 801. The molecule has 0 heterocycles. The summed E-state index contributed by atoms with van der Waals surface area (Å²) >= 11 is 9.49. The van der Waals surface area contributed by atoms with Crippen LogP contribution in [0.15, 0.2) is 53.0 Å². The van der Waals surface area contributed by atoms with E-state index in [1.807, 2.05) is 37.3 Å². The molecule has 28 heavy (non-hydrogen) atoms. The molecule has 2 aromatic rings. The molecule has 1 atom stereocenters. The van der Waals surface area contributed by atoms with Gasteiger partial charge in [-0.2, -0.15) is 0 Å². The second-order valence-corrected chi connectivity index (χ2v) is 7.55. The Hall–Kier alpha value is -2.05. The maximum Gasteiger partial charge on any atom is 0.261 e. The second kappa shape index (κ2) is 11.1. The third-order valence-electron chi connectivity index (χ3n) is 4.36. The number of rotatable bonds is 9. The Morgan fingerprint density at radius 2 is 1.93 bits per heavy atom. The topological polar surface area (TPSA) is 58.6 Å². The lowest BCUT2D eigenvalue weighted by atomic mass is 10.1. The molecule has 0 saturated carbocycles.